The van der Waals surface area contributed by atoms with Gasteiger partial charge in [-0.3, -0.25) is 4.79 Å². The van der Waals surface area contributed by atoms with Crippen molar-refractivity contribution in [3.63, 3.8) is 0 Å². The van der Waals surface area contributed by atoms with Crippen molar-refractivity contribution in [1.82, 2.24) is 4.90 Å². The molecule has 0 radical (unpaired) electrons. The SMILES string of the molecule is CCc1ccccc1OCC(=O)N1C[C@@H](CN)[C@H](c2ccccc2)C1.Cl. The van der Waals surface area contributed by atoms with Crippen LogP contribution in [0.15, 0.2) is 54.6 Å². The van der Waals surface area contributed by atoms with E-state index in [1.54, 1.807) is 0 Å². The van der Waals surface area contributed by atoms with Crippen LogP contribution in [-0.4, -0.2) is 37.0 Å². The third-order valence-corrected chi connectivity index (χ3v) is 5.03. The number of ether oxygens (including phenoxy) is 1. The molecule has 1 amide bonds. The molecular formula is C21H27ClN2O2. The van der Waals surface area contributed by atoms with Crippen molar-refractivity contribution in [2.45, 2.75) is 19.3 Å². The van der Waals surface area contributed by atoms with Crippen molar-refractivity contribution in [1.29, 1.82) is 0 Å². The predicted octanol–water partition coefficient (Wildman–Crippen LogP) is 3.25. The molecule has 2 aromatic carbocycles. The molecule has 0 bridgehead atoms. The topological polar surface area (TPSA) is 55.6 Å². The van der Waals surface area contributed by atoms with E-state index in [9.17, 15) is 4.79 Å². The maximum absolute atomic E-state index is 12.6. The second-order valence-corrected chi connectivity index (χ2v) is 6.56. The van der Waals surface area contributed by atoms with Gasteiger partial charge >= 0.3 is 0 Å². The summed E-state index contributed by atoms with van der Waals surface area (Å²) in [7, 11) is 0. The number of hydrogen-bond donors (Lipinski definition) is 1. The second kappa shape index (κ2) is 9.60. The van der Waals surface area contributed by atoms with Crippen LogP contribution < -0.4 is 10.5 Å². The summed E-state index contributed by atoms with van der Waals surface area (Å²) in [5, 5.41) is 0. The third kappa shape index (κ3) is 4.57. The second-order valence-electron chi connectivity index (χ2n) is 6.56. The Morgan fingerprint density at radius 2 is 1.81 bits per heavy atom. The fourth-order valence-electron chi connectivity index (χ4n) is 3.56. The first-order valence-electron chi connectivity index (χ1n) is 8.96. The molecule has 1 fully saturated rings. The Labute approximate surface area is 161 Å². The average molecular weight is 375 g/mol. The van der Waals surface area contributed by atoms with E-state index in [4.69, 9.17) is 10.5 Å². The number of halogens is 1. The van der Waals surface area contributed by atoms with Gasteiger partial charge in [-0.25, -0.2) is 0 Å². The lowest BCUT2D eigenvalue weighted by atomic mass is 9.89. The number of amides is 1. The normalized spacial score (nSPS) is 19.1. The van der Waals surface area contributed by atoms with Gasteiger partial charge in [-0.1, -0.05) is 55.5 Å². The molecule has 0 aromatic heterocycles. The summed E-state index contributed by atoms with van der Waals surface area (Å²) in [6, 6.07) is 18.2. The fourth-order valence-corrected chi connectivity index (χ4v) is 3.56. The van der Waals surface area contributed by atoms with Crippen molar-refractivity contribution in [2.24, 2.45) is 11.7 Å². The number of benzene rings is 2. The first kappa shape index (κ1) is 20.3. The van der Waals surface area contributed by atoms with E-state index >= 15 is 0 Å². The maximum Gasteiger partial charge on any atom is 0.260 e. The lowest BCUT2D eigenvalue weighted by molar-refractivity contribution is -0.132. The summed E-state index contributed by atoms with van der Waals surface area (Å²) in [6.07, 6.45) is 0.888. The highest BCUT2D eigenvalue weighted by Crippen LogP contribution is 2.32. The van der Waals surface area contributed by atoms with Crippen LogP contribution in [0, 0.1) is 5.92 Å². The van der Waals surface area contributed by atoms with Crippen LogP contribution in [0.5, 0.6) is 5.75 Å². The third-order valence-electron chi connectivity index (χ3n) is 5.03. The summed E-state index contributed by atoms with van der Waals surface area (Å²) < 4.78 is 5.79. The smallest absolute Gasteiger partial charge is 0.260 e. The van der Waals surface area contributed by atoms with Gasteiger partial charge in [-0.2, -0.15) is 0 Å². The summed E-state index contributed by atoms with van der Waals surface area (Å²) >= 11 is 0. The van der Waals surface area contributed by atoms with Gasteiger partial charge in [0.05, 0.1) is 0 Å². The molecule has 5 heteroatoms. The van der Waals surface area contributed by atoms with Gasteiger partial charge in [0.1, 0.15) is 5.75 Å². The molecular weight excluding hydrogens is 348 g/mol. The number of para-hydroxylation sites is 1. The Morgan fingerprint density at radius 3 is 2.50 bits per heavy atom. The van der Waals surface area contributed by atoms with E-state index in [1.165, 1.54) is 5.56 Å². The molecule has 1 saturated heterocycles. The van der Waals surface area contributed by atoms with Crippen LogP contribution in [0.2, 0.25) is 0 Å². The molecule has 3 rings (SSSR count). The van der Waals surface area contributed by atoms with E-state index in [-0.39, 0.29) is 24.9 Å². The van der Waals surface area contributed by atoms with Crippen LogP contribution in [0.4, 0.5) is 0 Å². The van der Waals surface area contributed by atoms with Crippen LogP contribution in [0.1, 0.15) is 24.0 Å². The minimum absolute atomic E-state index is 0. The Bertz CT molecular complexity index is 708. The largest absolute Gasteiger partial charge is 0.483 e. The van der Waals surface area contributed by atoms with Gasteiger partial charge in [0.15, 0.2) is 6.61 Å². The number of hydrogen-bond acceptors (Lipinski definition) is 3. The van der Waals surface area contributed by atoms with E-state index in [1.807, 2.05) is 47.4 Å². The summed E-state index contributed by atoms with van der Waals surface area (Å²) in [4.78, 5) is 14.5. The van der Waals surface area contributed by atoms with Gasteiger partial charge in [0.2, 0.25) is 0 Å². The van der Waals surface area contributed by atoms with Gasteiger partial charge in [-0.05, 0) is 36.1 Å². The molecule has 0 unspecified atom stereocenters. The zero-order chi connectivity index (χ0) is 17.6. The van der Waals surface area contributed by atoms with Gasteiger partial charge in [0.25, 0.3) is 5.91 Å². The zero-order valence-corrected chi connectivity index (χ0v) is 16.0. The molecule has 0 saturated carbocycles. The van der Waals surface area contributed by atoms with Crippen molar-refractivity contribution in [3.05, 3.63) is 65.7 Å². The predicted molar refractivity (Wildman–Crippen MR) is 107 cm³/mol. The minimum atomic E-state index is 0. The van der Waals surface area contributed by atoms with E-state index in [0.29, 0.717) is 31.5 Å². The first-order valence-corrected chi connectivity index (χ1v) is 8.96. The Kier molecular flexibility index (Phi) is 7.49. The molecule has 140 valence electrons. The zero-order valence-electron chi connectivity index (χ0n) is 15.1. The van der Waals surface area contributed by atoms with Crippen molar-refractivity contribution < 1.29 is 9.53 Å². The summed E-state index contributed by atoms with van der Waals surface area (Å²) in [5.41, 5.74) is 8.34. The Balaban J connectivity index is 0.00000243. The average Bonchev–Trinajstić information content (AvgIpc) is 3.11. The Morgan fingerprint density at radius 1 is 1.12 bits per heavy atom. The quantitative estimate of drug-likeness (QED) is 0.844. The van der Waals surface area contributed by atoms with Gasteiger partial charge in [-0.15, -0.1) is 12.4 Å². The molecule has 0 aliphatic carbocycles. The van der Waals surface area contributed by atoms with Crippen LogP contribution in [0.3, 0.4) is 0 Å². The van der Waals surface area contributed by atoms with Gasteiger partial charge < -0.3 is 15.4 Å². The number of nitrogens with zero attached hydrogens (tertiary/aromatic N) is 1. The fraction of sp³-hybridized carbons (Fsp3) is 0.381. The summed E-state index contributed by atoms with van der Waals surface area (Å²) in [6.45, 7) is 4.16. The molecule has 2 aromatic rings. The minimum Gasteiger partial charge on any atom is -0.483 e. The molecule has 1 aliphatic heterocycles. The molecule has 0 spiro atoms. The lowest BCUT2D eigenvalue weighted by Crippen LogP contribution is -2.33. The molecule has 1 aliphatic rings. The van der Waals surface area contributed by atoms with Crippen LogP contribution in [0.25, 0.3) is 0 Å². The molecule has 2 atom stereocenters. The number of carbonyl (C=O) groups excluding carboxylic acids is 1. The van der Waals surface area contributed by atoms with Crippen LogP contribution >= 0.6 is 12.4 Å². The highest BCUT2D eigenvalue weighted by molar-refractivity contribution is 5.85. The Hall–Kier alpha value is -2.04. The molecule has 2 N–H and O–H groups in total. The highest BCUT2D eigenvalue weighted by atomic mass is 35.5. The standard InChI is InChI=1S/C21H26N2O2.ClH/c1-2-16-8-6-7-11-20(16)25-15-21(24)23-13-18(12-22)19(14-23)17-9-4-3-5-10-17;/h3-11,18-19H,2,12-15,22H2,1H3;1H/t18-,19+;/m1./s1. The monoisotopic (exact) mass is 374 g/mol. The number of nitrogens with two attached hydrogens (primary N) is 1. The maximum atomic E-state index is 12.6. The number of aryl methyl sites for hydroxylation is 1. The van der Waals surface area contributed by atoms with E-state index < -0.39 is 0 Å². The van der Waals surface area contributed by atoms with Crippen molar-refractivity contribution in [3.8, 4) is 5.75 Å². The highest BCUT2D eigenvalue weighted by Gasteiger charge is 2.35. The molecule has 26 heavy (non-hydrogen) atoms. The summed E-state index contributed by atoms with van der Waals surface area (Å²) in [5.74, 6) is 1.43. The van der Waals surface area contributed by atoms with Crippen molar-refractivity contribution in [2.75, 3.05) is 26.2 Å². The van der Waals surface area contributed by atoms with E-state index in [2.05, 4.69) is 19.1 Å². The van der Waals surface area contributed by atoms with Crippen molar-refractivity contribution >= 4 is 18.3 Å². The first-order chi connectivity index (χ1) is 12.2. The number of carbonyl (C=O) groups is 1. The molecule has 1 heterocycles. The number of likely N-dealkylation sites (tertiary alicyclic amines) is 1. The lowest BCUT2D eigenvalue weighted by Gasteiger charge is -2.18. The van der Waals surface area contributed by atoms with E-state index in [0.717, 1.165) is 17.7 Å². The van der Waals surface area contributed by atoms with Crippen LogP contribution in [-0.2, 0) is 11.2 Å². The van der Waals surface area contributed by atoms with Gasteiger partial charge in [0, 0.05) is 19.0 Å². The number of rotatable bonds is 6. The molecule has 4 nitrogen and oxygen atoms in total.